The minimum Gasteiger partial charge on any atom is -0.493 e. The van der Waals surface area contributed by atoms with Crippen molar-refractivity contribution in [3.05, 3.63) is 48.4 Å². The number of ether oxygens (including phenoxy) is 3. The van der Waals surface area contributed by atoms with Gasteiger partial charge in [-0.1, -0.05) is 6.07 Å². The average Bonchev–Trinajstić information content (AvgIpc) is 2.65. The van der Waals surface area contributed by atoms with Gasteiger partial charge in [-0.25, -0.2) is 9.97 Å². The highest BCUT2D eigenvalue weighted by atomic mass is 16.5. The predicted molar refractivity (Wildman–Crippen MR) is 93.0 cm³/mol. The number of hydrogen-bond donors (Lipinski definition) is 1. The number of hydrogen-bond acceptors (Lipinski definition) is 6. The van der Waals surface area contributed by atoms with E-state index in [9.17, 15) is 0 Å². The lowest BCUT2D eigenvalue weighted by Crippen LogP contribution is -2.02. The molecule has 0 aliphatic rings. The van der Waals surface area contributed by atoms with Gasteiger partial charge in [-0.2, -0.15) is 0 Å². The standard InChI is InChI=1S/C18H19N3O3/c1-22-16-7-14(8-17(23-2)18(16)24-3)20-9-12-4-5-15-13(6-12)10-19-11-21-15/h4-8,10-11,20H,9H2,1-3H3. The molecule has 3 rings (SSSR count). The van der Waals surface area contributed by atoms with E-state index in [0.717, 1.165) is 22.2 Å². The molecule has 6 nitrogen and oxygen atoms in total. The second kappa shape index (κ2) is 7.04. The Bertz CT molecular complexity index is 827. The largest absolute Gasteiger partial charge is 0.493 e. The highest BCUT2D eigenvalue weighted by Crippen LogP contribution is 2.40. The Morgan fingerprint density at radius 3 is 2.38 bits per heavy atom. The van der Waals surface area contributed by atoms with Crippen molar-refractivity contribution in [2.24, 2.45) is 0 Å². The Morgan fingerprint density at radius 2 is 1.71 bits per heavy atom. The van der Waals surface area contributed by atoms with Crippen LogP contribution in [0.1, 0.15) is 5.56 Å². The van der Waals surface area contributed by atoms with Crippen molar-refractivity contribution in [2.45, 2.75) is 6.54 Å². The van der Waals surface area contributed by atoms with Gasteiger partial charge in [0.2, 0.25) is 5.75 Å². The molecule has 0 saturated carbocycles. The van der Waals surface area contributed by atoms with Gasteiger partial charge in [0.15, 0.2) is 11.5 Å². The minimum atomic E-state index is 0.577. The molecular formula is C18H19N3O3. The van der Waals surface area contributed by atoms with Crippen LogP contribution in [0.3, 0.4) is 0 Å². The second-order valence-electron chi connectivity index (χ2n) is 5.18. The van der Waals surface area contributed by atoms with Crippen molar-refractivity contribution in [3.8, 4) is 17.2 Å². The first-order valence-electron chi connectivity index (χ1n) is 7.47. The summed E-state index contributed by atoms with van der Waals surface area (Å²) >= 11 is 0. The summed E-state index contributed by atoms with van der Waals surface area (Å²) in [5, 5.41) is 4.39. The number of rotatable bonds is 6. The zero-order valence-corrected chi connectivity index (χ0v) is 13.9. The maximum Gasteiger partial charge on any atom is 0.203 e. The van der Waals surface area contributed by atoms with Gasteiger partial charge < -0.3 is 19.5 Å². The van der Waals surface area contributed by atoms with E-state index in [4.69, 9.17) is 14.2 Å². The number of nitrogens with one attached hydrogen (secondary N) is 1. The lowest BCUT2D eigenvalue weighted by atomic mass is 10.1. The normalized spacial score (nSPS) is 10.5. The van der Waals surface area contributed by atoms with Gasteiger partial charge in [0.1, 0.15) is 6.33 Å². The molecule has 6 heteroatoms. The van der Waals surface area contributed by atoms with Crippen molar-refractivity contribution in [2.75, 3.05) is 26.6 Å². The van der Waals surface area contributed by atoms with Crippen LogP contribution < -0.4 is 19.5 Å². The van der Waals surface area contributed by atoms with E-state index in [0.29, 0.717) is 23.8 Å². The zero-order chi connectivity index (χ0) is 16.9. The van der Waals surface area contributed by atoms with E-state index < -0.39 is 0 Å². The van der Waals surface area contributed by atoms with Crippen LogP contribution in [0.15, 0.2) is 42.9 Å². The van der Waals surface area contributed by atoms with Crippen LogP contribution in [0, 0.1) is 0 Å². The topological polar surface area (TPSA) is 65.5 Å². The summed E-state index contributed by atoms with van der Waals surface area (Å²) in [5.41, 5.74) is 2.95. The third kappa shape index (κ3) is 3.17. The minimum absolute atomic E-state index is 0.577. The Hall–Kier alpha value is -3.02. The van der Waals surface area contributed by atoms with Crippen molar-refractivity contribution < 1.29 is 14.2 Å². The van der Waals surface area contributed by atoms with Gasteiger partial charge in [0, 0.05) is 35.9 Å². The molecule has 0 aliphatic heterocycles. The molecule has 0 bridgehead atoms. The first-order chi connectivity index (χ1) is 11.7. The number of anilines is 1. The fourth-order valence-electron chi connectivity index (χ4n) is 2.53. The lowest BCUT2D eigenvalue weighted by molar-refractivity contribution is 0.324. The lowest BCUT2D eigenvalue weighted by Gasteiger charge is -2.15. The quantitative estimate of drug-likeness (QED) is 0.750. The molecular weight excluding hydrogens is 306 g/mol. The van der Waals surface area contributed by atoms with Gasteiger partial charge in [0.05, 0.1) is 26.8 Å². The highest BCUT2D eigenvalue weighted by molar-refractivity contribution is 5.78. The van der Waals surface area contributed by atoms with E-state index >= 15 is 0 Å². The molecule has 1 N–H and O–H groups in total. The van der Waals surface area contributed by atoms with Gasteiger partial charge in [0.25, 0.3) is 0 Å². The van der Waals surface area contributed by atoms with Gasteiger partial charge in [-0.3, -0.25) is 0 Å². The number of fused-ring (bicyclic) bond motifs is 1. The number of benzene rings is 2. The van der Waals surface area contributed by atoms with Crippen molar-refractivity contribution in [1.82, 2.24) is 9.97 Å². The van der Waals surface area contributed by atoms with Crippen molar-refractivity contribution >= 4 is 16.6 Å². The van der Waals surface area contributed by atoms with Gasteiger partial charge in [-0.15, -0.1) is 0 Å². The molecule has 124 valence electrons. The maximum atomic E-state index is 5.37. The van der Waals surface area contributed by atoms with Crippen LogP contribution in [0.4, 0.5) is 5.69 Å². The molecule has 0 fully saturated rings. The first-order valence-corrected chi connectivity index (χ1v) is 7.47. The van der Waals surface area contributed by atoms with E-state index in [-0.39, 0.29) is 0 Å². The summed E-state index contributed by atoms with van der Waals surface area (Å²) in [6, 6.07) is 9.86. The Morgan fingerprint density at radius 1 is 0.958 bits per heavy atom. The number of methoxy groups -OCH3 is 3. The monoisotopic (exact) mass is 325 g/mol. The van der Waals surface area contributed by atoms with E-state index in [1.54, 1.807) is 27.7 Å². The van der Waals surface area contributed by atoms with Crippen LogP contribution in [0.5, 0.6) is 17.2 Å². The molecule has 0 unspecified atom stereocenters. The SMILES string of the molecule is COc1cc(NCc2ccc3ncncc3c2)cc(OC)c1OC. The summed E-state index contributed by atoms with van der Waals surface area (Å²) < 4.78 is 16.1. The molecule has 0 radical (unpaired) electrons. The Labute approximate surface area is 140 Å². The summed E-state index contributed by atoms with van der Waals surface area (Å²) in [6.45, 7) is 0.656. The maximum absolute atomic E-state index is 5.37. The molecule has 1 heterocycles. The Kier molecular flexibility index (Phi) is 4.65. The van der Waals surface area contributed by atoms with Crippen LogP contribution in [-0.4, -0.2) is 31.3 Å². The molecule has 2 aromatic carbocycles. The summed E-state index contributed by atoms with van der Waals surface area (Å²) in [7, 11) is 4.79. The molecule has 0 saturated heterocycles. The van der Waals surface area contributed by atoms with Crippen LogP contribution in [0.25, 0.3) is 10.9 Å². The van der Waals surface area contributed by atoms with Crippen molar-refractivity contribution in [1.29, 1.82) is 0 Å². The molecule has 0 amide bonds. The first kappa shape index (κ1) is 15.9. The third-order valence-corrected chi connectivity index (χ3v) is 3.73. The van der Waals surface area contributed by atoms with Crippen molar-refractivity contribution in [3.63, 3.8) is 0 Å². The fraction of sp³-hybridized carbons (Fsp3) is 0.222. The Balaban J connectivity index is 1.82. The number of nitrogens with zero attached hydrogens (tertiary/aromatic N) is 2. The van der Waals surface area contributed by atoms with E-state index in [1.807, 2.05) is 30.5 Å². The fourth-order valence-corrected chi connectivity index (χ4v) is 2.53. The zero-order valence-electron chi connectivity index (χ0n) is 13.9. The van der Waals surface area contributed by atoms with Crippen LogP contribution >= 0.6 is 0 Å². The van der Waals surface area contributed by atoms with Gasteiger partial charge >= 0.3 is 0 Å². The predicted octanol–water partition coefficient (Wildman–Crippen LogP) is 3.27. The van der Waals surface area contributed by atoms with Crippen LogP contribution in [-0.2, 0) is 6.54 Å². The van der Waals surface area contributed by atoms with E-state index in [2.05, 4.69) is 21.4 Å². The third-order valence-electron chi connectivity index (χ3n) is 3.73. The molecule has 3 aromatic rings. The highest BCUT2D eigenvalue weighted by Gasteiger charge is 2.13. The molecule has 0 spiro atoms. The smallest absolute Gasteiger partial charge is 0.203 e. The second-order valence-corrected chi connectivity index (χ2v) is 5.18. The molecule has 0 aliphatic carbocycles. The summed E-state index contributed by atoms with van der Waals surface area (Å²) in [6.07, 6.45) is 3.36. The van der Waals surface area contributed by atoms with Crippen LogP contribution in [0.2, 0.25) is 0 Å². The molecule has 24 heavy (non-hydrogen) atoms. The van der Waals surface area contributed by atoms with Gasteiger partial charge in [-0.05, 0) is 17.7 Å². The molecule has 1 aromatic heterocycles. The molecule has 0 atom stereocenters. The average molecular weight is 325 g/mol. The summed E-state index contributed by atoms with van der Waals surface area (Å²) in [4.78, 5) is 8.28. The van der Waals surface area contributed by atoms with E-state index in [1.165, 1.54) is 0 Å². The number of aromatic nitrogens is 2. The summed E-state index contributed by atoms with van der Waals surface area (Å²) in [5.74, 6) is 1.81.